The molecule has 7 nitrogen and oxygen atoms in total. The second kappa shape index (κ2) is 9.62. The van der Waals surface area contributed by atoms with Crippen LogP contribution in [-0.4, -0.2) is 40.2 Å². The summed E-state index contributed by atoms with van der Waals surface area (Å²) in [5.41, 5.74) is 4.41. The predicted molar refractivity (Wildman–Crippen MR) is 133 cm³/mol. The van der Waals surface area contributed by atoms with Gasteiger partial charge < -0.3 is 20.0 Å². The third kappa shape index (κ3) is 4.83. The lowest BCUT2D eigenvalue weighted by molar-refractivity contribution is 0.0982. The molecule has 0 atom stereocenters. The normalized spacial score (nSPS) is 10.7. The van der Waals surface area contributed by atoms with E-state index in [1.165, 1.54) is 12.1 Å². The lowest BCUT2D eigenvalue weighted by atomic mass is 10.1. The van der Waals surface area contributed by atoms with E-state index in [-0.39, 0.29) is 23.0 Å². The SMILES string of the molecule is Cc1cnc(N(C)C)nc1-c1ccc(N(Cc2ccccc2)C(=O)c2ccc(O)cc2O)cc1. The maximum atomic E-state index is 13.5. The van der Waals surface area contributed by atoms with Crippen LogP contribution in [0.15, 0.2) is 79.0 Å². The Bertz CT molecular complexity index is 1310. The molecule has 0 unspecified atom stereocenters. The summed E-state index contributed by atoms with van der Waals surface area (Å²) in [4.78, 5) is 25.9. The van der Waals surface area contributed by atoms with Gasteiger partial charge in [0.2, 0.25) is 5.95 Å². The zero-order valence-electron chi connectivity index (χ0n) is 19.3. The zero-order valence-corrected chi connectivity index (χ0v) is 19.3. The second-order valence-electron chi connectivity index (χ2n) is 8.22. The van der Waals surface area contributed by atoms with Crippen molar-refractivity contribution in [2.75, 3.05) is 23.9 Å². The fraction of sp³-hybridized carbons (Fsp3) is 0.148. The molecule has 34 heavy (non-hydrogen) atoms. The molecule has 7 heteroatoms. The Labute approximate surface area is 198 Å². The van der Waals surface area contributed by atoms with Crippen molar-refractivity contribution in [2.24, 2.45) is 0 Å². The van der Waals surface area contributed by atoms with Crippen LogP contribution < -0.4 is 9.80 Å². The molecule has 0 saturated carbocycles. The van der Waals surface area contributed by atoms with Gasteiger partial charge in [0.25, 0.3) is 5.91 Å². The van der Waals surface area contributed by atoms with Crippen LogP contribution in [0, 0.1) is 6.92 Å². The molecule has 2 N–H and O–H groups in total. The fourth-order valence-corrected chi connectivity index (χ4v) is 3.63. The molecule has 1 aromatic heterocycles. The van der Waals surface area contributed by atoms with E-state index in [1.807, 2.05) is 80.5 Å². The molecule has 4 aromatic rings. The first-order chi connectivity index (χ1) is 16.3. The minimum Gasteiger partial charge on any atom is -0.508 e. The van der Waals surface area contributed by atoms with Crippen LogP contribution in [0.4, 0.5) is 11.6 Å². The topological polar surface area (TPSA) is 89.8 Å². The highest BCUT2D eigenvalue weighted by atomic mass is 16.3. The van der Waals surface area contributed by atoms with E-state index < -0.39 is 0 Å². The number of rotatable bonds is 6. The van der Waals surface area contributed by atoms with Crippen molar-refractivity contribution in [3.8, 4) is 22.8 Å². The maximum Gasteiger partial charge on any atom is 0.262 e. The van der Waals surface area contributed by atoms with Crippen LogP contribution >= 0.6 is 0 Å². The van der Waals surface area contributed by atoms with Crippen LogP contribution in [0.3, 0.4) is 0 Å². The Morgan fingerprint density at radius 3 is 2.29 bits per heavy atom. The van der Waals surface area contributed by atoms with Crippen molar-refractivity contribution >= 4 is 17.5 Å². The summed E-state index contributed by atoms with van der Waals surface area (Å²) in [6, 6.07) is 21.2. The molecule has 0 bridgehead atoms. The molecule has 3 aromatic carbocycles. The Morgan fingerprint density at radius 1 is 0.941 bits per heavy atom. The lowest BCUT2D eigenvalue weighted by Crippen LogP contribution is -2.30. The van der Waals surface area contributed by atoms with Crippen molar-refractivity contribution in [1.82, 2.24) is 9.97 Å². The second-order valence-corrected chi connectivity index (χ2v) is 8.22. The van der Waals surface area contributed by atoms with Crippen LogP contribution in [-0.2, 0) is 6.54 Å². The monoisotopic (exact) mass is 454 g/mol. The standard InChI is InChI=1S/C27H26N4O3/c1-18-16-28-27(30(2)3)29-25(18)20-9-11-21(12-10-20)31(17-19-7-5-4-6-8-19)26(34)23-14-13-22(32)15-24(23)33/h4-16,32-33H,17H2,1-3H3. The van der Waals surface area contributed by atoms with Gasteiger partial charge in [-0.05, 0) is 42.3 Å². The van der Waals surface area contributed by atoms with Crippen molar-refractivity contribution in [2.45, 2.75) is 13.5 Å². The molecule has 0 saturated heterocycles. The summed E-state index contributed by atoms with van der Waals surface area (Å²) < 4.78 is 0. The van der Waals surface area contributed by atoms with E-state index in [4.69, 9.17) is 0 Å². The van der Waals surface area contributed by atoms with E-state index in [0.717, 1.165) is 28.5 Å². The first-order valence-corrected chi connectivity index (χ1v) is 10.8. The third-order valence-corrected chi connectivity index (χ3v) is 5.45. The number of carbonyl (C=O) groups excluding carboxylic acids is 1. The number of amides is 1. The summed E-state index contributed by atoms with van der Waals surface area (Å²) in [6.45, 7) is 2.28. The van der Waals surface area contributed by atoms with E-state index in [9.17, 15) is 15.0 Å². The van der Waals surface area contributed by atoms with Gasteiger partial charge in [-0.15, -0.1) is 0 Å². The molecule has 0 aliphatic rings. The minimum absolute atomic E-state index is 0.106. The van der Waals surface area contributed by atoms with Gasteiger partial charge in [-0.25, -0.2) is 9.97 Å². The molecule has 4 rings (SSSR count). The van der Waals surface area contributed by atoms with Gasteiger partial charge in [0.05, 0.1) is 17.8 Å². The van der Waals surface area contributed by atoms with Crippen molar-refractivity contribution in [3.63, 3.8) is 0 Å². The molecule has 172 valence electrons. The number of hydrogen-bond acceptors (Lipinski definition) is 6. The first-order valence-electron chi connectivity index (χ1n) is 10.8. The highest BCUT2D eigenvalue weighted by Gasteiger charge is 2.22. The molecular formula is C27H26N4O3. The van der Waals surface area contributed by atoms with Crippen LogP contribution in [0.2, 0.25) is 0 Å². The number of carbonyl (C=O) groups is 1. The summed E-state index contributed by atoms with van der Waals surface area (Å²) >= 11 is 0. The van der Waals surface area contributed by atoms with Gasteiger partial charge in [0, 0.05) is 37.6 Å². The summed E-state index contributed by atoms with van der Waals surface area (Å²) in [5.74, 6) is -0.131. The number of phenolic OH excluding ortho intramolecular Hbond substituents is 2. The van der Waals surface area contributed by atoms with Crippen LogP contribution in [0.1, 0.15) is 21.5 Å². The zero-order chi connectivity index (χ0) is 24.2. The third-order valence-electron chi connectivity index (χ3n) is 5.45. The Morgan fingerprint density at radius 2 is 1.65 bits per heavy atom. The lowest BCUT2D eigenvalue weighted by Gasteiger charge is -2.24. The molecule has 1 amide bonds. The van der Waals surface area contributed by atoms with Gasteiger partial charge in [-0.2, -0.15) is 0 Å². The molecule has 0 spiro atoms. The summed E-state index contributed by atoms with van der Waals surface area (Å²) in [7, 11) is 3.78. The van der Waals surface area contributed by atoms with Crippen molar-refractivity contribution in [1.29, 1.82) is 0 Å². The number of aromatic nitrogens is 2. The average molecular weight is 455 g/mol. The predicted octanol–water partition coefficient (Wildman–Crippen LogP) is 4.78. The number of hydrogen-bond donors (Lipinski definition) is 2. The van der Waals surface area contributed by atoms with E-state index in [1.54, 1.807) is 11.1 Å². The highest BCUT2D eigenvalue weighted by molar-refractivity contribution is 6.08. The molecule has 0 radical (unpaired) electrons. The van der Waals surface area contributed by atoms with Crippen molar-refractivity contribution in [3.05, 3.63) is 95.7 Å². The number of aryl methyl sites for hydroxylation is 1. The number of anilines is 2. The van der Waals surface area contributed by atoms with E-state index in [0.29, 0.717) is 18.2 Å². The Kier molecular flexibility index (Phi) is 6.45. The van der Waals surface area contributed by atoms with Gasteiger partial charge >= 0.3 is 0 Å². The molecule has 0 aliphatic heterocycles. The molecular weight excluding hydrogens is 428 g/mol. The fourth-order valence-electron chi connectivity index (χ4n) is 3.63. The van der Waals surface area contributed by atoms with Crippen LogP contribution in [0.25, 0.3) is 11.3 Å². The van der Waals surface area contributed by atoms with Gasteiger partial charge in [0.15, 0.2) is 0 Å². The number of nitrogens with zero attached hydrogens (tertiary/aromatic N) is 4. The summed E-state index contributed by atoms with van der Waals surface area (Å²) in [6.07, 6.45) is 1.80. The molecule has 0 aliphatic carbocycles. The van der Waals surface area contributed by atoms with Gasteiger partial charge in [-0.3, -0.25) is 4.79 Å². The maximum absolute atomic E-state index is 13.5. The minimum atomic E-state index is -0.373. The quantitative estimate of drug-likeness (QED) is 0.436. The van der Waals surface area contributed by atoms with Crippen LogP contribution in [0.5, 0.6) is 11.5 Å². The van der Waals surface area contributed by atoms with Gasteiger partial charge in [-0.1, -0.05) is 42.5 Å². The largest absolute Gasteiger partial charge is 0.508 e. The number of benzene rings is 3. The molecule has 1 heterocycles. The molecule has 0 fully saturated rings. The van der Waals surface area contributed by atoms with E-state index in [2.05, 4.69) is 9.97 Å². The Balaban J connectivity index is 1.72. The highest BCUT2D eigenvalue weighted by Crippen LogP contribution is 2.30. The Hall–Kier alpha value is -4.39. The van der Waals surface area contributed by atoms with E-state index >= 15 is 0 Å². The average Bonchev–Trinajstić information content (AvgIpc) is 2.83. The summed E-state index contributed by atoms with van der Waals surface area (Å²) in [5, 5.41) is 19.9. The smallest absolute Gasteiger partial charge is 0.262 e. The first kappa shape index (κ1) is 22.8. The van der Waals surface area contributed by atoms with Gasteiger partial charge in [0.1, 0.15) is 11.5 Å². The number of phenols is 2. The number of aromatic hydroxyl groups is 2. The van der Waals surface area contributed by atoms with Crippen molar-refractivity contribution < 1.29 is 15.0 Å².